The number of aromatic amines is 1. The molecule has 0 saturated carbocycles. The number of aliphatic hydroxyl groups excluding tert-OH is 2. The van der Waals surface area contributed by atoms with E-state index >= 15 is 0 Å². The molecule has 1 aliphatic heterocycles. The molecule has 1 aliphatic rings. The Hall–Kier alpha value is -1.59. The van der Waals surface area contributed by atoms with E-state index in [9.17, 15) is 14.7 Å². The summed E-state index contributed by atoms with van der Waals surface area (Å²) >= 11 is 6.12. The first-order chi connectivity index (χ1) is 8.93. The molecule has 4 atom stereocenters. The number of H-pyrrole nitrogens is 1. The number of nitrogens with one attached hydrogen (secondary N) is 1. The molecular formula is C11H11ClN2O5. The molecule has 102 valence electrons. The van der Waals surface area contributed by atoms with Crippen molar-refractivity contribution in [1.82, 2.24) is 9.55 Å². The number of halogens is 1. The van der Waals surface area contributed by atoms with E-state index in [-0.39, 0.29) is 0 Å². The molecule has 7 nitrogen and oxygen atoms in total. The molecule has 2 heterocycles. The van der Waals surface area contributed by atoms with E-state index in [0.29, 0.717) is 0 Å². The quantitative estimate of drug-likeness (QED) is 0.449. The lowest BCUT2D eigenvalue weighted by Gasteiger charge is -2.25. The maximum Gasteiger partial charge on any atom is 0.330 e. The van der Waals surface area contributed by atoms with Crippen LogP contribution in [-0.2, 0) is 4.74 Å². The third kappa shape index (κ3) is 2.09. The van der Waals surface area contributed by atoms with Gasteiger partial charge in [-0.15, -0.1) is 6.42 Å². The largest absolute Gasteiger partial charge is 0.394 e. The molecule has 1 aromatic heterocycles. The number of rotatable bonds is 2. The van der Waals surface area contributed by atoms with Gasteiger partial charge in [-0.25, -0.2) is 4.79 Å². The number of alkyl halides is 1. The minimum absolute atomic E-state index is 0.508. The molecular weight excluding hydrogens is 276 g/mol. The van der Waals surface area contributed by atoms with Gasteiger partial charge in [-0.3, -0.25) is 14.3 Å². The molecule has 0 bridgehead atoms. The average molecular weight is 287 g/mol. The highest BCUT2D eigenvalue weighted by atomic mass is 35.5. The number of terminal acetylenes is 1. The number of aliphatic hydroxyl groups is 2. The SMILES string of the molecule is C#CC1(Cl)C(O)C(CO)OC1n1ccc(=O)[nH]c1=O. The summed E-state index contributed by atoms with van der Waals surface area (Å²) in [5.41, 5.74) is -1.36. The third-order valence-corrected chi connectivity index (χ3v) is 3.47. The van der Waals surface area contributed by atoms with E-state index in [2.05, 4.69) is 5.92 Å². The fourth-order valence-electron chi connectivity index (χ4n) is 1.94. The van der Waals surface area contributed by atoms with E-state index < -0.39 is 41.2 Å². The highest BCUT2D eigenvalue weighted by molar-refractivity contribution is 6.27. The summed E-state index contributed by atoms with van der Waals surface area (Å²) in [5, 5.41) is 19.0. The smallest absolute Gasteiger partial charge is 0.330 e. The lowest BCUT2D eigenvalue weighted by molar-refractivity contribution is -0.0464. The van der Waals surface area contributed by atoms with Crippen LogP contribution in [0.4, 0.5) is 0 Å². The van der Waals surface area contributed by atoms with Crippen molar-refractivity contribution in [2.45, 2.75) is 23.3 Å². The Balaban J connectivity index is 2.52. The lowest BCUT2D eigenvalue weighted by atomic mass is 9.99. The molecule has 4 unspecified atom stereocenters. The molecule has 1 saturated heterocycles. The van der Waals surface area contributed by atoms with E-state index in [0.717, 1.165) is 16.8 Å². The number of hydrogen-bond donors (Lipinski definition) is 3. The molecule has 19 heavy (non-hydrogen) atoms. The predicted octanol–water partition coefficient (Wildman–Crippen LogP) is -1.60. The monoisotopic (exact) mass is 286 g/mol. The Labute approximate surface area is 112 Å². The van der Waals surface area contributed by atoms with Gasteiger partial charge in [0.15, 0.2) is 11.1 Å². The lowest BCUT2D eigenvalue weighted by Crippen LogP contribution is -2.44. The van der Waals surface area contributed by atoms with Crippen molar-refractivity contribution in [2.24, 2.45) is 0 Å². The average Bonchev–Trinajstić information content (AvgIpc) is 2.63. The van der Waals surface area contributed by atoms with Crippen molar-refractivity contribution in [3.63, 3.8) is 0 Å². The zero-order chi connectivity index (χ0) is 14.2. The van der Waals surface area contributed by atoms with Crippen molar-refractivity contribution in [3.05, 3.63) is 33.1 Å². The molecule has 2 rings (SSSR count). The van der Waals surface area contributed by atoms with Crippen molar-refractivity contribution in [2.75, 3.05) is 6.61 Å². The summed E-state index contributed by atoms with van der Waals surface area (Å²) in [6.45, 7) is -0.508. The molecule has 1 fully saturated rings. The number of nitrogens with zero attached hydrogens (tertiary/aromatic N) is 1. The first-order valence-electron chi connectivity index (χ1n) is 5.36. The van der Waals surface area contributed by atoms with Gasteiger partial charge in [0.1, 0.15) is 12.2 Å². The Kier molecular flexibility index (Phi) is 3.52. The van der Waals surface area contributed by atoms with E-state index in [1.54, 1.807) is 0 Å². The number of ether oxygens (including phenoxy) is 1. The van der Waals surface area contributed by atoms with E-state index in [4.69, 9.17) is 27.9 Å². The van der Waals surface area contributed by atoms with Gasteiger partial charge < -0.3 is 14.9 Å². The van der Waals surface area contributed by atoms with Gasteiger partial charge in [-0.1, -0.05) is 17.5 Å². The second-order valence-electron chi connectivity index (χ2n) is 4.08. The van der Waals surface area contributed by atoms with Gasteiger partial charge in [0.2, 0.25) is 0 Å². The summed E-state index contributed by atoms with van der Waals surface area (Å²) < 4.78 is 6.27. The fourth-order valence-corrected chi connectivity index (χ4v) is 2.23. The summed E-state index contributed by atoms with van der Waals surface area (Å²) in [4.78, 5) is 23.0. The topological polar surface area (TPSA) is 105 Å². The van der Waals surface area contributed by atoms with Crippen LogP contribution in [0, 0.1) is 12.3 Å². The summed E-state index contributed by atoms with van der Waals surface area (Å²) in [7, 11) is 0. The Morgan fingerprint density at radius 2 is 2.32 bits per heavy atom. The first-order valence-corrected chi connectivity index (χ1v) is 5.74. The van der Waals surface area contributed by atoms with Crippen molar-refractivity contribution >= 4 is 11.6 Å². The van der Waals surface area contributed by atoms with Crippen molar-refractivity contribution in [3.8, 4) is 12.3 Å². The number of aromatic nitrogens is 2. The van der Waals surface area contributed by atoms with Crippen LogP contribution in [-0.4, -0.2) is 43.5 Å². The van der Waals surface area contributed by atoms with Gasteiger partial charge in [-0.2, -0.15) is 0 Å². The zero-order valence-electron chi connectivity index (χ0n) is 9.62. The van der Waals surface area contributed by atoms with Crippen LogP contribution in [0.5, 0.6) is 0 Å². The van der Waals surface area contributed by atoms with Crippen molar-refractivity contribution < 1.29 is 14.9 Å². The third-order valence-electron chi connectivity index (χ3n) is 2.95. The highest BCUT2D eigenvalue weighted by Gasteiger charge is 2.55. The van der Waals surface area contributed by atoms with E-state index in [1.807, 2.05) is 4.98 Å². The standard InChI is InChI=1S/C11H11ClN2O5/c1-2-11(12)8(17)6(5-15)19-9(11)14-4-3-7(16)13-10(14)18/h1,3-4,6,8-9,15,17H,5H2,(H,13,16,18). The van der Waals surface area contributed by atoms with Crippen LogP contribution in [0.3, 0.4) is 0 Å². The van der Waals surface area contributed by atoms with Crippen LogP contribution >= 0.6 is 11.6 Å². The Bertz CT molecular complexity index is 633. The minimum atomic E-state index is -1.71. The minimum Gasteiger partial charge on any atom is -0.394 e. The van der Waals surface area contributed by atoms with Gasteiger partial charge >= 0.3 is 5.69 Å². The maximum atomic E-state index is 11.7. The zero-order valence-corrected chi connectivity index (χ0v) is 10.4. The first kappa shape index (κ1) is 13.8. The summed E-state index contributed by atoms with van der Waals surface area (Å²) in [6.07, 6.45) is 2.88. The van der Waals surface area contributed by atoms with Gasteiger partial charge in [0.05, 0.1) is 6.61 Å². The molecule has 0 aromatic carbocycles. The van der Waals surface area contributed by atoms with Crippen LogP contribution in [0.2, 0.25) is 0 Å². The van der Waals surface area contributed by atoms with Crippen molar-refractivity contribution in [1.29, 1.82) is 0 Å². The fraction of sp³-hybridized carbons (Fsp3) is 0.455. The predicted molar refractivity (Wildman–Crippen MR) is 65.7 cm³/mol. The Morgan fingerprint density at radius 3 is 2.84 bits per heavy atom. The van der Waals surface area contributed by atoms with Gasteiger partial charge in [0.25, 0.3) is 5.56 Å². The second kappa shape index (κ2) is 4.83. The summed E-state index contributed by atoms with van der Waals surface area (Å²) in [6, 6.07) is 1.09. The second-order valence-corrected chi connectivity index (χ2v) is 4.71. The van der Waals surface area contributed by atoms with Crippen LogP contribution in [0.25, 0.3) is 0 Å². The molecule has 1 aromatic rings. The van der Waals surface area contributed by atoms with E-state index in [1.165, 1.54) is 0 Å². The molecule has 0 radical (unpaired) electrons. The van der Waals surface area contributed by atoms with Crippen LogP contribution in [0.15, 0.2) is 21.9 Å². The highest BCUT2D eigenvalue weighted by Crippen LogP contribution is 2.42. The molecule has 0 spiro atoms. The molecule has 3 N–H and O–H groups in total. The normalized spacial score (nSPS) is 34.1. The number of hydrogen-bond acceptors (Lipinski definition) is 5. The van der Waals surface area contributed by atoms with Gasteiger partial charge in [-0.05, 0) is 0 Å². The maximum absolute atomic E-state index is 11.7. The summed E-state index contributed by atoms with van der Waals surface area (Å²) in [5.74, 6) is 2.17. The molecule has 0 amide bonds. The van der Waals surface area contributed by atoms with Gasteiger partial charge in [0, 0.05) is 12.3 Å². The van der Waals surface area contributed by atoms with Crippen LogP contribution in [0.1, 0.15) is 6.23 Å². The molecule has 0 aliphatic carbocycles. The Morgan fingerprint density at radius 1 is 1.63 bits per heavy atom. The molecule has 8 heteroatoms. The van der Waals surface area contributed by atoms with Crippen LogP contribution < -0.4 is 11.2 Å².